The highest BCUT2D eigenvalue weighted by molar-refractivity contribution is 6.01. The molecule has 0 aliphatic carbocycles. The molecule has 1 heterocycles. The van der Waals surface area contributed by atoms with Gasteiger partial charge in [0.25, 0.3) is 0 Å². The molecule has 1 saturated heterocycles. The molecule has 1 aliphatic rings. The maximum atomic E-state index is 12.9. The van der Waals surface area contributed by atoms with Gasteiger partial charge >= 0.3 is 0 Å². The maximum absolute atomic E-state index is 12.9. The van der Waals surface area contributed by atoms with Crippen molar-refractivity contribution < 1.29 is 9.23 Å². The third kappa shape index (κ3) is 3.53. The van der Waals surface area contributed by atoms with Crippen LogP contribution in [0.15, 0.2) is 29.4 Å². The van der Waals surface area contributed by atoms with Gasteiger partial charge < -0.3 is 4.84 Å². The van der Waals surface area contributed by atoms with Crippen molar-refractivity contribution in [2.45, 2.75) is 19.3 Å². The van der Waals surface area contributed by atoms with E-state index in [1.54, 1.807) is 19.2 Å². The zero-order valence-corrected chi connectivity index (χ0v) is 10.7. The second-order valence-corrected chi connectivity index (χ2v) is 4.56. The van der Waals surface area contributed by atoms with E-state index in [1.165, 1.54) is 31.4 Å². The van der Waals surface area contributed by atoms with Crippen LogP contribution in [-0.2, 0) is 4.84 Å². The monoisotopic (exact) mass is 250 g/mol. The second kappa shape index (κ2) is 6.50. The third-order valence-corrected chi connectivity index (χ3v) is 3.20. The Balaban J connectivity index is 2.08. The highest BCUT2D eigenvalue weighted by Gasteiger charge is 2.14. The van der Waals surface area contributed by atoms with Gasteiger partial charge in [-0.25, -0.2) is 4.39 Å². The molecule has 98 valence electrons. The van der Waals surface area contributed by atoms with E-state index in [0.29, 0.717) is 0 Å². The first-order chi connectivity index (χ1) is 8.79. The van der Waals surface area contributed by atoms with Gasteiger partial charge in [-0.05, 0) is 38.1 Å². The molecule has 0 saturated carbocycles. The first-order valence-electron chi connectivity index (χ1n) is 6.38. The summed E-state index contributed by atoms with van der Waals surface area (Å²) < 4.78 is 12.9. The molecule has 0 radical (unpaired) electrons. The Morgan fingerprint density at radius 1 is 1.22 bits per heavy atom. The van der Waals surface area contributed by atoms with Gasteiger partial charge in [-0.1, -0.05) is 23.7 Å². The van der Waals surface area contributed by atoms with Gasteiger partial charge in [0.2, 0.25) is 0 Å². The van der Waals surface area contributed by atoms with Gasteiger partial charge in [0.05, 0.1) is 0 Å². The van der Waals surface area contributed by atoms with Crippen molar-refractivity contribution in [1.29, 1.82) is 0 Å². The van der Waals surface area contributed by atoms with Crippen LogP contribution in [0.3, 0.4) is 0 Å². The number of hydrogen-bond acceptors (Lipinski definition) is 3. The molecular weight excluding hydrogens is 231 g/mol. The van der Waals surface area contributed by atoms with Crippen LogP contribution < -0.4 is 0 Å². The van der Waals surface area contributed by atoms with Crippen molar-refractivity contribution >= 4 is 5.71 Å². The van der Waals surface area contributed by atoms with E-state index >= 15 is 0 Å². The molecule has 0 amide bonds. The Hall–Kier alpha value is -1.42. The van der Waals surface area contributed by atoms with Crippen molar-refractivity contribution in [3.8, 4) is 0 Å². The van der Waals surface area contributed by atoms with Gasteiger partial charge in [0.15, 0.2) is 0 Å². The molecule has 1 aromatic rings. The number of nitrogens with zero attached hydrogens (tertiary/aromatic N) is 2. The van der Waals surface area contributed by atoms with E-state index < -0.39 is 0 Å². The molecule has 4 heteroatoms. The Morgan fingerprint density at radius 2 is 1.89 bits per heavy atom. The third-order valence-electron chi connectivity index (χ3n) is 3.20. The lowest BCUT2D eigenvalue weighted by atomic mass is 10.1. The van der Waals surface area contributed by atoms with Gasteiger partial charge in [-0.15, -0.1) is 0 Å². The number of hydrogen-bond donors (Lipinski definition) is 0. The number of benzene rings is 1. The second-order valence-electron chi connectivity index (χ2n) is 4.56. The summed E-state index contributed by atoms with van der Waals surface area (Å²) >= 11 is 0. The Bertz CT molecular complexity index is 397. The highest BCUT2D eigenvalue weighted by atomic mass is 19.1. The average Bonchev–Trinajstić information content (AvgIpc) is 2.40. The molecule has 18 heavy (non-hydrogen) atoms. The Labute approximate surface area is 107 Å². The summed E-state index contributed by atoms with van der Waals surface area (Å²) in [4.78, 5) is 7.26. The van der Waals surface area contributed by atoms with Crippen molar-refractivity contribution in [2.24, 2.45) is 5.16 Å². The summed E-state index contributed by atoms with van der Waals surface area (Å²) in [5.74, 6) is -0.228. The molecule has 0 atom stereocenters. The van der Waals surface area contributed by atoms with Crippen LogP contribution >= 0.6 is 0 Å². The standard InChI is InChI=1S/C14H19FN2O/c1-18-16-14(11-17-9-3-2-4-10-17)12-5-7-13(15)8-6-12/h5-8H,2-4,9-11H2,1H3/b16-14+. The van der Waals surface area contributed by atoms with Crippen molar-refractivity contribution in [2.75, 3.05) is 26.7 Å². The van der Waals surface area contributed by atoms with Crippen LogP contribution in [0.5, 0.6) is 0 Å². The van der Waals surface area contributed by atoms with E-state index in [0.717, 1.165) is 30.9 Å². The minimum absolute atomic E-state index is 0.228. The molecule has 0 spiro atoms. The van der Waals surface area contributed by atoms with Crippen molar-refractivity contribution in [3.63, 3.8) is 0 Å². The minimum Gasteiger partial charge on any atom is -0.399 e. The van der Waals surface area contributed by atoms with Crippen molar-refractivity contribution in [3.05, 3.63) is 35.6 Å². The largest absolute Gasteiger partial charge is 0.399 e. The molecule has 1 aromatic carbocycles. The van der Waals surface area contributed by atoms with E-state index in [1.807, 2.05) is 0 Å². The summed E-state index contributed by atoms with van der Waals surface area (Å²) in [6, 6.07) is 6.40. The van der Waals surface area contributed by atoms with Crippen LogP contribution in [-0.4, -0.2) is 37.4 Å². The maximum Gasteiger partial charge on any atom is 0.123 e. The predicted molar refractivity (Wildman–Crippen MR) is 70.2 cm³/mol. The predicted octanol–water partition coefficient (Wildman–Crippen LogP) is 2.66. The van der Waals surface area contributed by atoms with Crippen LogP contribution in [0.4, 0.5) is 4.39 Å². The van der Waals surface area contributed by atoms with Crippen LogP contribution in [0.1, 0.15) is 24.8 Å². The number of piperidine rings is 1. The fraction of sp³-hybridized carbons (Fsp3) is 0.500. The Kier molecular flexibility index (Phi) is 4.70. The topological polar surface area (TPSA) is 24.8 Å². The number of rotatable bonds is 4. The summed E-state index contributed by atoms with van der Waals surface area (Å²) in [6.07, 6.45) is 3.79. The molecule has 0 unspecified atom stereocenters. The smallest absolute Gasteiger partial charge is 0.123 e. The number of oxime groups is 1. The normalized spacial score (nSPS) is 17.8. The van der Waals surface area contributed by atoms with Gasteiger partial charge in [0.1, 0.15) is 18.6 Å². The van der Waals surface area contributed by atoms with Gasteiger partial charge in [0, 0.05) is 12.1 Å². The quantitative estimate of drug-likeness (QED) is 0.606. The number of likely N-dealkylation sites (tertiary alicyclic amines) is 1. The summed E-state index contributed by atoms with van der Waals surface area (Å²) in [5.41, 5.74) is 1.78. The molecular formula is C14H19FN2O. The molecule has 1 aliphatic heterocycles. The lowest BCUT2D eigenvalue weighted by molar-refractivity contribution is 0.207. The van der Waals surface area contributed by atoms with Crippen molar-refractivity contribution in [1.82, 2.24) is 4.90 Å². The first-order valence-corrected chi connectivity index (χ1v) is 6.38. The van der Waals surface area contributed by atoms with E-state index in [2.05, 4.69) is 10.1 Å². The minimum atomic E-state index is -0.228. The zero-order chi connectivity index (χ0) is 12.8. The molecule has 0 aromatic heterocycles. The fourth-order valence-corrected chi connectivity index (χ4v) is 2.25. The fourth-order valence-electron chi connectivity index (χ4n) is 2.25. The average molecular weight is 250 g/mol. The molecule has 0 N–H and O–H groups in total. The molecule has 1 fully saturated rings. The molecule has 2 rings (SSSR count). The lowest BCUT2D eigenvalue weighted by Gasteiger charge is -2.26. The highest BCUT2D eigenvalue weighted by Crippen LogP contribution is 2.11. The van der Waals surface area contributed by atoms with E-state index in [9.17, 15) is 4.39 Å². The van der Waals surface area contributed by atoms with Gasteiger partial charge in [-0.2, -0.15) is 0 Å². The first kappa shape index (κ1) is 13.0. The van der Waals surface area contributed by atoms with Crippen LogP contribution in [0.2, 0.25) is 0 Å². The summed E-state index contributed by atoms with van der Waals surface area (Å²) in [7, 11) is 1.54. The number of halogens is 1. The van der Waals surface area contributed by atoms with E-state index in [-0.39, 0.29) is 5.82 Å². The van der Waals surface area contributed by atoms with Crippen LogP contribution in [0.25, 0.3) is 0 Å². The summed E-state index contributed by atoms with van der Waals surface area (Å²) in [5, 5.41) is 4.07. The molecule has 3 nitrogen and oxygen atoms in total. The van der Waals surface area contributed by atoms with E-state index in [4.69, 9.17) is 4.84 Å². The lowest BCUT2D eigenvalue weighted by Crippen LogP contribution is -2.34. The SMILES string of the molecule is CO/N=C(\CN1CCCCC1)c1ccc(F)cc1. The van der Waals surface area contributed by atoms with Gasteiger partial charge in [-0.3, -0.25) is 4.90 Å². The molecule has 0 bridgehead atoms. The Morgan fingerprint density at radius 3 is 2.50 bits per heavy atom. The van der Waals surface area contributed by atoms with Crippen LogP contribution in [0, 0.1) is 5.82 Å². The summed E-state index contributed by atoms with van der Waals surface area (Å²) in [6.45, 7) is 2.97. The zero-order valence-electron chi connectivity index (χ0n) is 10.7.